The summed E-state index contributed by atoms with van der Waals surface area (Å²) in [5, 5.41) is 8.16. The van der Waals surface area contributed by atoms with Gasteiger partial charge in [0.1, 0.15) is 5.82 Å². The lowest BCUT2D eigenvalue weighted by Gasteiger charge is -2.34. The van der Waals surface area contributed by atoms with Gasteiger partial charge in [0.2, 0.25) is 5.89 Å². The molecule has 10 heteroatoms. The highest BCUT2D eigenvalue weighted by Crippen LogP contribution is 2.27. The number of amides is 1. The van der Waals surface area contributed by atoms with Gasteiger partial charge in [0.25, 0.3) is 5.89 Å². The van der Waals surface area contributed by atoms with E-state index in [4.69, 9.17) is 14.9 Å². The van der Waals surface area contributed by atoms with Crippen LogP contribution in [-0.4, -0.2) is 63.9 Å². The highest BCUT2D eigenvalue weighted by atomic mass is 16.6. The smallest absolute Gasteiger partial charge is 0.409 e. The number of anilines is 2. The van der Waals surface area contributed by atoms with E-state index in [1.54, 1.807) is 18.0 Å². The van der Waals surface area contributed by atoms with Crippen LogP contribution in [0, 0.1) is 0 Å². The average molecular weight is 395 g/mol. The van der Waals surface area contributed by atoms with Crippen LogP contribution in [0.25, 0.3) is 23.0 Å². The van der Waals surface area contributed by atoms with Crippen LogP contribution in [0.3, 0.4) is 0 Å². The van der Waals surface area contributed by atoms with Crippen molar-refractivity contribution in [1.29, 1.82) is 0 Å². The summed E-state index contributed by atoms with van der Waals surface area (Å²) >= 11 is 0. The van der Waals surface area contributed by atoms with Crippen LogP contribution in [0.4, 0.5) is 16.4 Å². The molecule has 0 saturated carbocycles. The quantitative estimate of drug-likeness (QED) is 0.707. The molecule has 1 aromatic carbocycles. The molecule has 29 heavy (non-hydrogen) atoms. The minimum Gasteiger partial charge on any atom is -0.450 e. The summed E-state index contributed by atoms with van der Waals surface area (Å²) in [7, 11) is 0. The number of nitrogens with zero attached hydrogens (tertiary/aromatic N) is 6. The molecular weight excluding hydrogens is 374 g/mol. The fourth-order valence-electron chi connectivity index (χ4n) is 3.05. The Morgan fingerprint density at radius 1 is 1.14 bits per heavy atom. The molecule has 0 atom stereocenters. The molecule has 1 fully saturated rings. The lowest BCUT2D eigenvalue weighted by molar-refractivity contribution is 0.105. The third-order valence-electron chi connectivity index (χ3n) is 4.57. The summed E-state index contributed by atoms with van der Waals surface area (Å²) in [6.45, 7) is 4.45. The second-order valence-electron chi connectivity index (χ2n) is 6.41. The molecule has 1 saturated heterocycles. The minimum atomic E-state index is -0.296. The molecule has 150 valence electrons. The molecule has 0 bridgehead atoms. The zero-order valence-electron chi connectivity index (χ0n) is 16.0. The van der Waals surface area contributed by atoms with Crippen LogP contribution in [0.15, 0.2) is 40.9 Å². The van der Waals surface area contributed by atoms with E-state index in [0.717, 1.165) is 5.56 Å². The third-order valence-corrected chi connectivity index (χ3v) is 4.57. The number of ether oxygens (including phenoxy) is 1. The van der Waals surface area contributed by atoms with Gasteiger partial charge < -0.3 is 24.7 Å². The van der Waals surface area contributed by atoms with Crippen molar-refractivity contribution in [3.05, 3.63) is 36.5 Å². The van der Waals surface area contributed by atoms with E-state index in [1.807, 2.05) is 35.2 Å². The van der Waals surface area contributed by atoms with Crippen molar-refractivity contribution in [3.63, 3.8) is 0 Å². The van der Waals surface area contributed by atoms with Gasteiger partial charge in [-0.3, -0.25) is 0 Å². The topological polar surface area (TPSA) is 124 Å². The molecule has 0 unspecified atom stereocenters. The summed E-state index contributed by atoms with van der Waals surface area (Å²) in [6.07, 6.45) is 1.31. The lowest BCUT2D eigenvalue weighted by Crippen LogP contribution is -2.49. The molecule has 3 heterocycles. The van der Waals surface area contributed by atoms with Crippen molar-refractivity contribution in [3.8, 4) is 23.0 Å². The molecule has 2 N–H and O–H groups in total. The first kappa shape index (κ1) is 18.7. The van der Waals surface area contributed by atoms with Gasteiger partial charge in [0, 0.05) is 31.7 Å². The number of benzene rings is 1. The predicted molar refractivity (Wildman–Crippen MR) is 106 cm³/mol. The van der Waals surface area contributed by atoms with Gasteiger partial charge >= 0.3 is 6.09 Å². The van der Waals surface area contributed by atoms with Gasteiger partial charge in [-0.2, -0.15) is 0 Å². The van der Waals surface area contributed by atoms with E-state index in [1.165, 1.54) is 0 Å². The second-order valence-corrected chi connectivity index (χ2v) is 6.41. The zero-order chi connectivity index (χ0) is 20.2. The van der Waals surface area contributed by atoms with Gasteiger partial charge in [-0.05, 0) is 19.1 Å². The molecule has 0 spiro atoms. The van der Waals surface area contributed by atoms with Crippen LogP contribution in [-0.2, 0) is 4.74 Å². The number of rotatable bonds is 4. The maximum atomic E-state index is 11.9. The minimum absolute atomic E-state index is 0.209. The van der Waals surface area contributed by atoms with Crippen molar-refractivity contribution in [2.24, 2.45) is 0 Å². The SMILES string of the molecule is CCOC(=O)N1CCN(c2cnc(N)c(-c3nnc(-c4ccccc4)o3)n2)CC1. The number of nitrogens with two attached hydrogens (primary N) is 1. The molecule has 3 aromatic rings. The maximum absolute atomic E-state index is 11.9. The van der Waals surface area contributed by atoms with E-state index >= 15 is 0 Å². The Labute approximate surface area is 167 Å². The molecule has 4 rings (SSSR count). The number of hydrogen-bond acceptors (Lipinski definition) is 9. The first-order chi connectivity index (χ1) is 14.2. The molecule has 2 aromatic heterocycles. The molecule has 1 aliphatic heterocycles. The summed E-state index contributed by atoms with van der Waals surface area (Å²) in [4.78, 5) is 24.4. The van der Waals surface area contributed by atoms with Crippen molar-refractivity contribution in [2.45, 2.75) is 6.92 Å². The zero-order valence-corrected chi connectivity index (χ0v) is 16.0. The number of piperazine rings is 1. The van der Waals surface area contributed by atoms with Crippen LogP contribution in [0.1, 0.15) is 6.92 Å². The van der Waals surface area contributed by atoms with Gasteiger partial charge in [0.05, 0.1) is 12.8 Å². The molecular formula is C19H21N7O3. The van der Waals surface area contributed by atoms with E-state index in [-0.39, 0.29) is 17.8 Å². The third kappa shape index (κ3) is 3.96. The Bertz CT molecular complexity index is 984. The lowest BCUT2D eigenvalue weighted by atomic mass is 10.2. The Hall–Kier alpha value is -3.69. The molecule has 1 amide bonds. The fourth-order valence-corrected chi connectivity index (χ4v) is 3.05. The maximum Gasteiger partial charge on any atom is 0.409 e. The number of aromatic nitrogens is 4. The highest BCUT2D eigenvalue weighted by Gasteiger charge is 2.24. The van der Waals surface area contributed by atoms with Gasteiger partial charge in [0.15, 0.2) is 11.5 Å². The summed E-state index contributed by atoms with van der Waals surface area (Å²) in [5.74, 6) is 1.44. The van der Waals surface area contributed by atoms with Gasteiger partial charge in [-0.15, -0.1) is 10.2 Å². The Kier molecular flexibility index (Phi) is 5.23. The number of carbonyl (C=O) groups excluding carboxylic acids is 1. The van der Waals surface area contributed by atoms with Crippen LogP contribution in [0.5, 0.6) is 0 Å². The van der Waals surface area contributed by atoms with E-state index in [0.29, 0.717) is 50.2 Å². The normalized spacial score (nSPS) is 14.1. The summed E-state index contributed by atoms with van der Waals surface area (Å²) in [5.41, 5.74) is 7.15. The van der Waals surface area contributed by atoms with Crippen molar-refractivity contribution < 1.29 is 13.9 Å². The van der Waals surface area contributed by atoms with Crippen molar-refractivity contribution >= 4 is 17.7 Å². The fraction of sp³-hybridized carbons (Fsp3) is 0.316. The average Bonchev–Trinajstić information content (AvgIpc) is 3.25. The van der Waals surface area contributed by atoms with Crippen LogP contribution < -0.4 is 10.6 Å². The Balaban J connectivity index is 1.52. The first-order valence-corrected chi connectivity index (χ1v) is 9.34. The summed E-state index contributed by atoms with van der Waals surface area (Å²) in [6, 6.07) is 9.46. The van der Waals surface area contributed by atoms with E-state index in [2.05, 4.69) is 20.2 Å². The molecule has 1 aliphatic rings. The standard InChI is InChI=1S/C19H21N7O3/c1-2-28-19(27)26-10-8-25(9-11-26)14-12-21-16(20)15(22-14)18-24-23-17(29-18)13-6-4-3-5-7-13/h3-7,12H,2,8-11H2,1H3,(H2,20,21). The van der Waals surface area contributed by atoms with Gasteiger partial charge in [-0.1, -0.05) is 18.2 Å². The highest BCUT2D eigenvalue weighted by molar-refractivity contribution is 5.68. The van der Waals surface area contributed by atoms with Crippen LogP contribution in [0.2, 0.25) is 0 Å². The monoisotopic (exact) mass is 395 g/mol. The van der Waals surface area contributed by atoms with Crippen molar-refractivity contribution in [2.75, 3.05) is 43.4 Å². The predicted octanol–water partition coefficient (Wildman–Crippen LogP) is 2.05. The molecule has 0 aliphatic carbocycles. The van der Waals surface area contributed by atoms with Gasteiger partial charge in [-0.25, -0.2) is 14.8 Å². The van der Waals surface area contributed by atoms with Crippen LogP contribution >= 0.6 is 0 Å². The van der Waals surface area contributed by atoms with E-state index in [9.17, 15) is 4.79 Å². The largest absolute Gasteiger partial charge is 0.450 e. The van der Waals surface area contributed by atoms with Crippen molar-refractivity contribution in [1.82, 2.24) is 25.1 Å². The number of carbonyl (C=O) groups is 1. The Morgan fingerprint density at radius 2 is 1.86 bits per heavy atom. The molecule has 0 radical (unpaired) electrons. The first-order valence-electron chi connectivity index (χ1n) is 9.34. The summed E-state index contributed by atoms with van der Waals surface area (Å²) < 4.78 is 10.8. The second kappa shape index (κ2) is 8.13. The number of nitrogen functional groups attached to an aromatic ring is 1. The molecule has 10 nitrogen and oxygen atoms in total. The number of hydrogen-bond donors (Lipinski definition) is 1. The Morgan fingerprint density at radius 3 is 2.59 bits per heavy atom. The van der Waals surface area contributed by atoms with E-state index < -0.39 is 0 Å².